The van der Waals surface area contributed by atoms with E-state index in [2.05, 4.69) is 10.6 Å². The second kappa shape index (κ2) is 14.7. The molecule has 0 radical (unpaired) electrons. The minimum absolute atomic E-state index is 0.0461. The van der Waals surface area contributed by atoms with Crippen LogP contribution in [-0.4, -0.2) is 17.6 Å². The zero-order chi connectivity index (χ0) is 33.8. The maximum absolute atomic E-state index is 13.1. The van der Waals surface area contributed by atoms with Crippen LogP contribution in [0.3, 0.4) is 0 Å². The number of fused-ring (bicyclic) bond motifs is 2. The lowest BCUT2D eigenvalue weighted by Gasteiger charge is -2.06. The highest BCUT2D eigenvalue weighted by molar-refractivity contribution is 7.22. The lowest BCUT2D eigenvalue weighted by molar-refractivity contribution is 0.102. The van der Waals surface area contributed by atoms with E-state index in [0.29, 0.717) is 42.3 Å². The summed E-state index contributed by atoms with van der Waals surface area (Å²) in [6.45, 7) is 0. The quantitative estimate of drug-likeness (QED) is 0.167. The van der Waals surface area contributed by atoms with Crippen molar-refractivity contribution in [2.24, 2.45) is 0 Å². The Morgan fingerprint density at radius 2 is 1.00 bits per heavy atom. The monoisotopic (exact) mass is 730 g/mol. The molecule has 2 aromatic heterocycles. The van der Waals surface area contributed by atoms with Crippen LogP contribution in [0.25, 0.3) is 20.2 Å². The van der Waals surface area contributed by atoms with Gasteiger partial charge in [-0.05, 0) is 54.6 Å². The Morgan fingerprint density at radius 1 is 0.542 bits per heavy atom. The zero-order valence-electron chi connectivity index (χ0n) is 24.6. The smallest absolute Gasteiger partial charge is 0.267 e. The first-order chi connectivity index (χ1) is 23.2. The van der Waals surface area contributed by atoms with Gasteiger partial charge in [-0.2, -0.15) is 0 Å². The Labute approximate surface area is 297 Å². The molecule has 48 heavy (non-hydrogen) atoms. The third kappa shape index (κ3) is 7.28. The molecule has 7 rings (SSSR count). The molecule has 0 bridgehead atoms. The van der Waals surface area contributed by atoms with Gasteiger partial charge < -0.3 is 10.6 Å². The maximum atomic E-state index is 13.1. The average Bonchev–Trinajstić information content (AvgIpc) is 3.63. The van der Waals surface area contributed by atoms with Crippen molar-refractivity contribution in [3.05, 3.63) is 163 Å². The average molecular weight is 732 g/mol. The molecule has 11 heteroatoms. The number of thiophene rings is 2. The first-order valence-electron chi connectivity index (χ1n) is 14.3. The molecule has 238 valence electrons. The number of ketones is 1. The van der Waals surface area contributed by atoms with Gasteiger partial charge >= 0.3 is 0 Å². The van der Waals surface area contributed by atoms with Crippen LogP contribution in [0.1, 0.15) is 35.3 Å². The Bertz CT molecular complexity index is 2310. The van der Waals surface area contributed by atoms with Crippen LogP contribution in [0.2, 0.25) is 15.1 Å². The summed E-state index contributed by atoms with van der Waals surface area (Å²) in [4.78, 5) is 38.2. The molecule has 2 heterocycles. The Kier molecular flexibility index (Phi) is 10.2. The van der Waals surface area contributed by atoms with Gasteiger partial charge in [0, 0.05) is 42.7 Å². The van der Waals surface area contributed by atoms with Gasteiger partial charge in [-0.15, -0.1) is 22.7 Å². The molecule has 0 fully saturated rings. The summed E-state index contributed by atoms with van der Waals surface area (Å²) in [6.07, 6.45) is 0. The van der Waals surface area contributed by atoms with Crippen molar-refractivity contribution in [2.45, 2.75) is 0 Å². The standard InChI is InChI=1S/C22H14ClNO2S.C15H8Cl2FNOS/c23-19-17-8-4-5-9-18(17)27-21(19)22(26)24-16-12-10-15(11-13-16)20(25)14-6-2-1-3-7-14;16-10-7-8(5-6-11(10)18)19-15(20)14-13(17)9-3-1-2-4-12(9)21-14/h1-13H,(H,24,26);1-7H,(H,19,20). The number of hydrogen-bond acceptors (Lipinski definition) is 5. The summed E-state index contributed by atoms with van der Waals surface area (Å²) in [6, 6.07) is 35.1. The highest BCUT2D eigenvalue weighted by Crippen LogP contribution is 2.37. The summed E-state index contributed by atoms with van der Waals surface area (Å²) in [7, 11) is 0. The van der Waals surface area contributed by atoms with E-state index in [1.165, 1.54) is 40.9 Å². The number of carbonyl (C=O) groups excluding carboxylic acids is 3. The molecule has 0 unspecified atom stereocenters. The summed E-state index contributed by atoms with van der Waals surface area (Å²) >= 11 is 21.0. The third-order valence-corrected chi connectivity index (χ3v) is 10.7. The number of anilines is 2. The van der Waals surface area contributed by atoms with Crippen molar-refractivity contribution in [3.8, 4) is 0 Å². The molecule has 0 saturated heterocycles. The van der Waals surface area contributed by atoms with Crippen molar-refractivity contribution in [3.63, 3.8) is 0 Å². The van der Waals surface area contributed by atoms with E-state index in [1.807, 2.05) is 66.7 Å². The highest BCUT2D eigenvalue weighted by atomic mass is 35.5. The number of rotatable bonds is 6. The molecular formula is C37H22Cl3FN2O3S2. The predicted molar refractivity (Wildman–Crippen MR) is 197 cm³/mol. The van der Waals surface area contributed by atoms with Crippen LogP contribution in [-0.2, 0) is 0 Å². The van der Waals surface area contributed by atoms with Crippen molar-refractivity contribution in [1.29, 1.82) is 0 Å². The second-order valence-electron chi connectivity index (χ2n) is 10.3. The largest absolute Gasteiger partial charge is 0.321 e. The van der Waals surface area contributed by atoms with Gasteiger partial charge in [-0.3, -0.25) is 14.4 Å². The molecule has 0 aliphatic heterocycles. The van der Waals surface area contributed by atoms with E-state index in [0.717, 1.165) is 20.2 Å². The van der Waals surface area contributed by atoms with Crippen molar-refractivity contribution < 1.29 is 18.8 Å². The van der Waals surface area contributed by atoms with Gasteiger partial charge in [0.25, 0.3) is 11.8 Å². The van der Waals surface area contributed by atoms with Crippen LogP contribution < -0.4 is 10.6 Å². The van der Waals surface area contributed by atoms with Gasteiger partial charge in [-0.1, -0.05) is 102 Å². The third-order valence-electron chi connectivity index (χ3n) is 7.10. The van der Waals surface area contributed by atoms with Crippen LogP contribution >= 0.6 is 57.5 Å². The Hall–Kier alpha value is -4.57. The summed E-state index contributed by atoms with van der Waals surface area (Å²) < 4.78 is 15.0. The van der Waals surface area contributed by atoms with Gasteiger partial charge in [-0.25, -0.2) is 4.39 Å². The lowest BCUT2D eigenvalue weighted by Crippen LogP contribution is -2.11. The number of amides is 2. The number of nitrogens with one attached hydrogen (secondary N) is 2. The SMILES string of the molecule is O=C(Nc1ccc(F)c(Cl)c1)c1sc2ccccc2c1Cl.O=C(c1ccccc1)c1ccc(NC(=O)c2sc3ccccc3c2Cl)cc1. The molecule has 0 atom stereocenters. The van der Waals surface area contributed by atoms with Gasteiger partial charge in [0.2, 0.25) is 0 Å². The van der Waals surface area contributed by atoms with Crippen molar-refractivity contribution >= 4 is 107 Å². The summed E-state index contributed by atoms with van der Waals surface area (Å²) in [5, 5.41) is 8.05. The number of carbonyl (C=O) groups is 3. The molecule has 0 spiro atoms. The molecule has 5 aromatic carbocycles. The molecular weight excluding hydrogens is 710 g/mol. The number of benzene rings is 5. The molecule has 0 saturated carbocycles. The summed E-state index contributed by atoms with van der Waals surface area (Å²) in [5.41, 5.74) is 2.23. The minimum atomic E-state index is -0.533. The van der Waals surface area contributed by atoms with Gasteiger partial charge in [0.15, 0.2) is 5.78 Å². The predicted octanol–water partition coefficient (Wildman–Crippen LogP) is 11.6. The van der Waals surface area contributed by atoms with E-state index in [-0.39, 0.29) is 22.6 Å². The Morgan fingerprint density at radius 3 is 1.52 bits per heavy atom. The molecule has 0 aliphatic carbocycles. The van der Waals surface area contributed by atoms with Gasteiger partial charge in [0.05, 0.1) is 15.1 Å². The van der Waals surface area contributed by atoms with Crippen molar-refractivity contribution in [1.82, 2.24) is 0 Å². The van der Waals surface area contributed by atoms with Crippen LogP contribution in [0, 0.1) is 5.82 Å². The van der Waals surface area contributed by atoms with E-state index < -0.39 is 5.82 Å². The van der Waals surface area contributed by atoms with E-state index in [1.54, 1.807) is 36.4 Å². The van der Waals surface area contributed by atoms with E-state index >= 15 is 0 Å². The zero-order valence-corrected chi connectivity index (χ0v) is 28.5. The lowest BCUT2D eigenvalue weighted by atomic mass is 10.0. The maximum Gasteiger partial charge on any atom is 0.267 e. The normalized spacial score (nSPS) is 10.8. The topological polar surface area (TPSA) is 75.3 Å². The second-order valence-corrected chi connectivity index (χ2v) is 13.6. The molecule has 5 nitrogen and oxygen atoms in total. The van der Waals surface area contributed by atoms with Gasteiger partial charge in [0.1, 0.15) is 15.6 Å². The summed E-state index contributed by atoms with van der Waals surface area (Å²) in [5.74, 6) is -1.19. The molecule has 2 N–H and O–H groups in total. The fourth-order valence-electron chi connectivity index (χ4n) is 4.73. The van der Waals surface area contributed by atoms with E-state index in [9.17, 15) is 18.8 Å². The van der Waals surface area contributed by atoms with Crippen molar-refractivity contribution in [2.75, 3.05) is 10.6 Å². The minimum Gasteiger partial charge on any atom is -0.321 e. The Balaban J connectivity index is 0.000000173. The van der Waals surface area contributed by atoms with Crippen LogP contribution in [0.4, 0.5) is 15.8 Å². The number of hydrogen-bond donors (Lipinski definition) is 2. The fraction of sp³-hybridized carbons (Fsp3) is 0. The first kappa shape index (κ1) is 33.3. The fourth-order valence-corrected chi connectivity index (χ4v) is 7.74. The molecule has 7 aromatic rings. The highest BCUT2D eigenvalue weighted by Gasteiger charge is 2.19. The van der Waals surface area contributed by atoms with Crippen LogP contribution in [0.5, 0.6) is 0 Å². The van der Waals surface area contributed by atoms with Crippen LogP contribution in [0.15, 0.2) is 121 Å². The molecule has 0 aliphatic rings. The van der Waals surface area contributed by atoms with E-state index in [4.69, 9.17) is 34.8 Å². The molecule has 2 amide bonds. The number of halogens is 4. The first-order valence-corrected chi connectivity index (χ1v) is 17.1.